The lowest BCUT2D eigenvalue weighted by Gasteiger charge is -2.11. The highest BCUT2D eigenvalue weighted by Crippen LogP contribution is 2.25. The van der Waals surface area contributed by atoms with Crippen LogP contribution >= 0.6 is 0 Å². The van der Waals surface area contributed by atoms with Gasteiger partial charge < -0.3 is 15.2 Å². The Balaban J connectivity index is 2.76. The van der Waals surface area contributed by atoms with Crippen LogP contribution in [0.4, 0.5) is 5.69 Å². The average molecular weight is 221 g/mol. The van der Waals surface area contributed by atoms with Crippen LogP contribution < -0.4 is 10.1 Å². The Morgan fingerprint density at radius 1 is 1.56 bits per heavy atom. The van der Waals surface area contributed by atoms with Gasteiger partial charge in [0.25, 0.3) is 0 Å². The molecule has 0 spiro atoms. The van der Waals surface area contributed by atoms with Crippen LogP contribution in [0.15, 0.2) is 30.4 Å². The third-order valence-electron chi connectivity index (χ3n) is 2.15. The average Bonchev–Trinajstić information content (AvgIpc) is 2.25. The third-order valence-corrected chi connectivity index (χ3v) is 2.15. The molecule has 0 saturated heterocycles. The summed E-state index contributed by atoms with van der Waals surface area (Å²) in [6.07, 6.45) is 0. The van der Waals surface area contributed by atoms with Crippen LogP contribution in [0.3, 0.4) is 0 Å². The largest absolute Gasteiger partial charge is 0.495 e. The third kappa shape index (κ3) is 3.02. The maximum absolute atomic E-state index is 10.6. The van der Waals surface area contributed by atoms with Crippen molar-refractivity contribution >= 4 is 11.7 Å². The van der Waals surface area contributed by atoms with Gasteiger partial charge in [-0.3, -0.25) is 0 Å². The van der Waals surface area contributed by atoms with Crippen molar-refractivity contribution in [3.8, 4) is 5.75 Å². The van der Waals surface area contributed by atoms with Gasteiger partial charge in [-0.25, -0.2) is 4.79 Å². The summed E-state index contributed by atoms with van der Waals surface area (Å²) in [5.74, 6) is -0.317. The van der Waals surface area contributed by atoms with E-state index in [2.05, 4.69) is 11.9 Å². The minimum Gasteiger partial charge on any atom is -0.495 e. The summed E-state index contributed by atoms with van der Waals surface area (Å²) in [4.78, 5) is 10.6. The van der Waals surface area contributed by atoms with Crippen LogP contribution in [0.5, 0.6) is 5.75 Å². The second-order valence-electron chi connectivity index (χ2n) is 3.47. The van der Waals surface area contributed by atoms with E-state index in [9.17, 15) is 4.79 Å². The van der Waals surface area contributed by atoms with Crippen molar-refractivity contribution in [3.63, 3.8) is 0 Å². The van der Waals surface area contributed by atoms with Gasteiger partial charge in [-0.15, -0.1) is 0 Å². The summed E-state index contributed by atoms with van der Waals surface area (Å²) in [5, 5.41) is 11.7. The summed E-state index contributed by atoms with van der Waals surface area (Å²) >= 11 is 0. The van der Waals surface area contributed by atoms with Crippen molar-refractivity contribution in [3.05, 3.63) is 35.9 Å². The lowest BCUT2D eigenvalue weighted by Crippen LogP contribution is -2.11. The van der Waals surface area contributed by atoms with Crippen molar-refractivity contribution in [2.24, 2.45) is 0 Å². The van der Waals surface area contributed by atoms with Gasteiger partial charge in [-0.05, 0) is 24.6 Å². The number of aliphatic carboxylic acids is 1. The Bertz CT molecular complexity index is 413. The molecule has 0 bridgehead atoms. The van der Waals surface area contributed by atoms with Gasteiger partial charge in [0, 0.05) is 12.1 Å². The Morgan fingerprint density at radius 3 is 2.81 bits per heavy atom. The number of carbonyl (C=O) groups is 1. The Labute approximate surface area is 94.6 Å². The first-order valence-corrected chi connectivity index (χ1v) is 4.84. The van der Waals surface area contributed by atoms with Crippen LogP contribution in [-0.4, -0.2) is 24.7 Å². The summed E-state index contributed by atoms with van der Waals surface area (Å²) in [5.41, 5.74) is 1.96. The van der Waals surface area contributed by atoms with Crippen LogP contribution in [0.1, 0.15) is 5.56 Å². The minimum absolute atomic E-state index is 0.114. The van der Waals surface area contributed by atoms with Crippen molar-refractivity contribution in [1.29, 1.82) is 0 Å². The number of aryl methyl sites for hydroxylation is 1. The highest BCUT2D eigenvalue weighted by Gasteiger charge is 2.06. The lowest BCUT2D eigenvalue weighted by atomic mass is 10.2. The van der Waals surface area contributed by atoms with E-state index in [4.69, 9.17) is 9.84 Å². The predicted molar refractivity (Wildman–Crippen MR) is 63.0 cm³/mol. The summed E-state index contributed by atoms with van der Waals surface area (Å²) in [6.45, 7) is 5.59. The number of benzene rings is 1. The molecule has 0 aliphatic carbocycles. The molecule has 0 heterocycles. The van der Waals surface area contributed by atoms with Crippen molar-refractivity contribution in [2.45, 2.75) is 6.92 Å². The summed E-state index contributed by atoms with van der Waals surface area (Å²) < 4.78 is 5.15. The monoisotopic (exact) mass is 221 g/mol. The molecule has 0 fully saturated rings. The molecule has 86 valence electrons. The molecule has 4 nitrogen and oxygen atoms in total. The first kappa shape index (κ1) is 12.1. The van der Waals surface area contributed by atoms with E-state index in [1.807, 2.05) is 25.1 Å². The number of carboxylic acids is 1. The minimum atomic E-state index is -1.00. The van der Waals surface area contributed by atoms with Crippen LogP contribution in [0.25, 0.3) is 0 Å². The number of ether oxygens (including phenoxy) is 1. The fourth-order valence-corrected chi connectivity index (χ4v) is 1.24. The quantitative estimate of drug-likeness (QED) is 0.747. The number of nitrogens with one attached hydrogen (secondary N) is 1. The van der Waals surface area contributed by atoms with Gasteiger partial charge >= 0.3 is 5.97 Å². The topological polar surface area (TPSA) is 58.6 Å². The van der Waals surface area contributed by atoms with Gasteiger partial charge in [0.2, 0.25) is 0 Å². The zero-order valence-corrected chi connectivity index (χ0v) is 9.41. The maximum Gasteiger partial charge on any atom is 0.332 e. The molecule has 0 aliphatic heterocycles. The molecular formula is C12H15NO3. The second-order valence-corrected chi connectivity index (χ2v) is 3.47. The molecule has 4 heteroatoms. The highest BCUT2D eigenvalue weighted by atomic mass is 16.5. The van der Waals surface area contributed by atoms with E-state index in [1.54, 1.807) is 7.11 Å². The predicted octanol–water partition coefficient (Wildman–Crippen LogP) is 2.06. The zero-order chi connectivity index (χ0) is 12.1. The Morgan fingerprint density at radius 2 is 2.25 bits per heavy atom. The van der Waals surface area contributed by atoms with Crippen molar-refractivity contribution in [1.82, 2.24) is 0 Å². The molecule has 0 amide bonds. The molecule has 1 aromatic rings. The van der Waals surface area contributed by atoms with E-state index in [0.717, 1.165) is 11.3 Å². The number of hydrogen-bond acceptors (Lipinski definition) is 3. The van der Waals surface area contributed by atoms with E-state index in [0.29, 0.717) is 5.75 Å². The smallest absolute Gasteiger partial charge is 0.332 e. The molecule has 0 aliphatic rings. The standard InChI is InChI=1S/C12H15NO3/c1-8-4-5-11(16-3)10(6-8)13-7-9(2)12(14)15/h4-6,13H,2,7H2,1,3H3,(H,14,15). The zero-order valence-electron chi connectivity index (χ0n) is 9.41. The Hall–Kier alpha value is -1.97. The van der Waals surface area contributed by atoms with Crippen molar-refractivity contribution in [2.75, 3.05) is 19.0 Å². The molecule has 0 unspecified atom stereocenters. The second kappa shape index (κ2) is 5.21. The van der Waals surface area contributed by atoms with Crippen molar-refractivity contribution < 1.29 is 14.6 Å². The normalized spacial score (nSPS) is 9.62. The van der Waals surface area contributed by atoms with Crippen LogP contribution in [-0.2, 0) is 4.79 Å². The number of rotatable bonds is 5. The molecular weight excluding hydrogens is 206 g/mol. The fraction of sp³-hybridized carbons (Fsp3) is 0.250. The summed E-state index contributed by atoms with van der Waals surface area (Å²) in [6, 6.07) is 5.66. The molecule has 1 rings (SSSR count). The van der Waals surface area contributed by atoms with E-state index >= 15 is 0 Å². The first-order valence-electron chi connectivity index (χ1n) is 4.84. The van der Waals surface area contributed by atoms with Gasteiger partial charge in [-0.1, -0.05) is 12.6 Å². The fourth-order valence-electron chi connectivity index (χ4n) is 1.24. The highest BCUT2D eigenvalue weighted by molar-refractivity contribution is 5.87. The van der Waals surface area contributed by atoms with E-state index in [1.165, 1.54) is 0 Å². The molecule has 0 radical (unpaired) electrons. The first-order chi connectivity index (χ1) is 7.54. The van der Waals surface area contributed by atoms with Crippen LogP contribution in [0.2, 0.25) is 0 Å². The number of anilines is 1. The number of hydrogen-bond donors (Lipinski definition) is 2. The van der Waals surface area contributed by atoms with Crippen LogP contribution in [0, 0.1) is 6.92 Å². The number of carboxylic acid groups (broad SMARTS) is 1. The molecule has 16 heavy (non-hydrogen) atoms. The lowest BCUT2D eigenvalue weighted by molar-refractivity contribution is -0.132. The van der Waals surface area contributed by atoms with Gasteiger partial charge in [0.1, 0.15) is 5.75 Å². The molecule has 0 aromatic heterocycles. The van der Waals surface area contributed by atoms with Gasteiger partial charge in [-0.2, -0.15) is 0 Å². The maximum atomic E-state index is 10.6. The molecule has 0 atom stereocenters. The molecule has 2 N–H and O–H groups in total. The number of methoxy groups -OCH3 is 1. The SMILES string of the molecule is C=C(CNc1cc(C)ccc1OC)C(=O)O. The van der Waals surface area contributed by atoms with E-state index in [-0.39, 0.29) is 12.1 Å². The van der Waals surface area contributed by atoms with Gasteiger partial charge in [0.15, 0.2) is 0 Å². The molecule has 0 saturated carbocycles. The Kier molecular flexibility index (Phi) is 3.94. The van der Waals surface area contributed by atoms with Gasteiger partial charge in [0.05, 0.1) is 12.8 Å². The summed E-state index contributed by atoms with van der Waals surface area (Å²) in [7, 11) is 1.57. The molecule has 1 aromatic carbocycles. The van der Waals surface area contributed by atoms with E-state index < -0.39 is 5.97 Å².